The molecule has 0 radical (unpaired) electrons. The van der Waals surface area contributed by atoms with Crippen LogP contribution in [0.2, 0.25) is 0 Å². The molecule has 0 aromatic heterocycles. The van der Waals surface area contributed by atoms with Crippen molar-refractivity contribution in [3.05, 3.63) is 0 Å². The van der Waals surface area contributed by atoms with Gasteiger partial charge in [0.15, 0.2) is 0 Å². The monoisotopic (exact) mass is 210 g/mol. The van der Waals surface area contributed by atoms with Crippen molar-refractivity contribution < 1.29 is 4.79 Å². The molecule has 0 aromatic carbocycles. The highest BCUT2D eigenvalue weighted by molar-refractivity contribution is 5.85. The Labute approximate surface area is 91.8 Å². The van der Waals surface area contributed by atoms with Gasteiger partial charge in [0, 0.05) is 13.1 Å². The number of carbonyl (C=O) groups is 1. The number of hydrogen-bond donors (Lipinski definition) is 2. The van der Waals surface area contributed by atoms with Gasteiger partial charge in [0.05, 0.1) is 5.41 Å². The second-order valence-corrected chi connectivity index (χ2v) is 5.68. The maximum atomic E-state index is 11.9. The average Bonchev–Trinajstić information content (AvgIpc) is 2.93. The summed E-state index contributed by atoms with van der Waals surface area (Å²) in [5.74, 6) is 0.193. The predicted molar refractivity (Wildman–Crippen MR) is 60.3 cm³/mol. The molecule has 3 heteroatoms. The summed E-state index contributed by atoms with van der Waals surface area (Å²) in [7, 11) is 0. The molecule has 3 N–H and O–H groups in total. The van der Waals surface area contributed by atoms with Gasteiger partial charge in [-0.05, 0) is 31.1 Å². The number of amides is 1. The van der Waals surface area contributed by atoms with E-state index in [1.54, 1.807) is 0 Å². The lowest BCUT2D eigenvalue weighted by Crippen LogP contribution is -2.41. The summed E-state index contributed by atoms with van der Waals surface area (Å²) in [5, 5.41) is 3.10. The zero-order valence-corrected chi connectivity index (χ0v) is 9.64. The van der Waals surface area contributed by atoms with Crippen LogP contribution in [0, 0.1) is 10.8 Å². The Bertz CT molecular complexity index is 252. The molecule has 2 aliphatic carbocycles. The molecule has 2 rings (SSSR count). The quantitative estimate of drug-likeness (QED) is 0.737. The molecular weight excluding hydrogens is 188 g/mol. The van der Waals surface area contributed by atoms with Crippen LogP contribution in [0.4, 0.5) is 0 Å². The summed E-state index contributed by atoms with van der Waals surface area (Å²) in [6.45, 7) is 3.63. The molecule has 0 spiro atoms. The molecule has 0 unspecified atom stereocenters. The van der Waals surface area contributed by atoms with E-state index in [1.807, 2.05) is 0 Å². The number of hydrogen-bond acceptors (Lipinski definition) is 2. The summed E-state index contributed by atoms with van der Waals surface area (Å²) in [6.07, 6.45) is 7.09. The fraction of sp³-hybridized carbons (Fsp3) is 0.917. The van der Waals surface area contributed by atoms with E-state index < -0.39 is 0 Å². The second kappa shape index (κ2) is 3.78. The lowest BCUT2D eigenvalue weighted by atomic mass is 9.88. The molecular formula is C12H22N2O. The minimum Gasteiger partial charge on any atom is -0.355 e. The van der Waals surface area contributed by atoms with Crippen LogP contribution in [0.1, 0.15) is 45.4 Å². The molecule has 2 aliphatic rings. The van der Waals surface area contributed by atoms with E-state index in [1.165, 1.54) is 25.7 Å². The first-order chi connectivity index (χ1) is 7.10. The minimum absolute atomic E-state index is 0.186. The average molecular weight is 210 g/mol. The summed E-state index contributed by atoms with van der Waals surface area (Å²) in [4.78, 5) is 11.9. The van der Waals surface area contributed by atoms with Crippen LogP contribution in [-0.2, 0) is 4.79 Å². The lowest BCUT2D eigenvalue weighted by Gasteiger charge is -2.25. The maximum Gasteiger partial charge on any atom is 0.227 e. The number of nitrogens with one attached hydrogen (secondary N) is 1. The van der Waals surface area contributed by atoms with Gasteiger partial charge in [-0.2, -0.15) is 0 Å². The Hall–Kier alpha value is -0.570. The Morgan fingerprint density at radius 2 is 1.87 bits per heavy atom. The van der Waals surface area contributed by atoms with Crippen LogP contribution in [0.15, 0.2) is 0 Å². The summed E-state index contributed by atoms with van der Waals surface area (Å²) < 4.78 is 0. The molecule has 0 aliphatic heterocycles. The predicted octanol–water partition coefficient (Wildman–Crippen LogP) is 1.42. The first kappa shape index (κ1) is 10.9. The molecule has 3 nitrogen and oxygen atoms in total. The Balaban J connectivity index is 1.80. The topological polar surface area (TPSA) is 55.1 Å². The van der Waals surface area contributed by atoms with Crippen LogP contribution in [0.3, 0.4) is 0 Å². The van der Waals surface area contributed by atoms with Gasteiger partial charge in [-0.3, -0.25) is 4.79 Å². The standard InChI is InChI=1S/C12H22N2O/c1-11(4-2-3-5-11)9-14-10(15)12(8-13)6-7-12/h2-9,13H2,1H3,(H,14,15). The van der Waals surface area contributed by atoms with Gasteiger partial charge in [-0.15, -0.1) is 0 Å². The van der Waals surface area contributed by atoms with Crippen LogP contribution >= 0.6 is 0 Å². The fourth-order valence-corrected chi connectivity index (χ4v) is 2.56. The van der Waals surface area contributed by atoms with Gasteiger partial charge in [0.1, 0.15) is 0 Å². The Kier molecular flexibility index (Phi) is 2.75. The third-order valence-corrected chi connectivity index (χ3v) is 4.21. The molecule has 2 saturated carbocycles. The normalized spacial score (nSPS) is 26.3. The van der Waals surface area contributed by atoms with E-state index in [0.29, 0.717) is 12.0 Å². The summed E-state index contributed by atoms with van der Waals surface area (Å²) in [5.41, 5.74) is 5.79. The van der Waals surface area contributed by atoms with Crippen LogP contribution in [0.5, 0.6) is 0 Å². The van der Waals surface area contributed by atoms with E-state index in [9.17, 15) is 4.79 Å². The zero-order chi connectivity index (χ0) is 10.9. The minimum atomic E-state index is -0.186. The van der Waals surface area contributed by atoms with E-state index in [-0.39, 0.29) is 11.3 Å². The number of carbonyl (C=O) groups excluding carboxylic acids is 1. The Morgan fingerprint density at radius 1 is 1.27 bits per heavy atom. The van der Waals surface area contributed by atoms with Crippen molar-refractivity contribution >= 4 is 5.91 Å². The maximum absolute atomic E-state index is 11.9. The van der Waals surface area contributed by atoms with Crippen molar-refractivity contribution in [2.75, 3.05) is 13.1 Å². The van der Waals surface area contributed by atoms with Crippen molar-refractivity contribution in [3.8, 4) is 0 Å². The molecule has 0 aromatic rings. The van der Waals surface area contributed by atoms with Gasteiger partial charge >= 0.3 is 0 Å². The molecule has 86 valence electrons. The van der Waals surface area contributed by atoms with E-state index in [2.05, 4.69) is 12.2 Å². The highest BCUT2D eigenvalue weighted by Gasteiger charge is 2.48. The highest BCUT2D eigenvalue weighted by atomic mass is 16.2. The van der Waals surface area contributed by atoms with Crippen molar-refractivity contribution in [2.24, 2.45) is 16.6 Å². The third kappa shape index (κ3) is 2.17. The van der Waals surface area contributed by atoms with Gasteiger partial charge in [0.2, 0.25) is 5.91 Å². The third-order valence-electron chi connectivity index (χ3n) is 4.21. The van der Waals surface area contributed by atoms with Gasteiger partial charge in [-0.1, -0.05) is 19.8 Å². The first-order valence-electron chi connectivity index (χ1n) is 6.09. The number of nitrogens with two attached hydrogens (primary N) is 1. The van der Waals surface area contributed by atoms with Crippen LogP contribution in [0.25, 0.3) is 0 Å². The molecule has 15 heavy (non-hydrogen) atoms. The van der Waals surface area contributed by atoms with Crippen LogP contribution < -0.4 is 11.1 Å². The summed E-state index contributed by atoms with van der Waals surface area (Å²) in [6, 6.07) is 0. The van der Waals surface area contributed by atoms with Crippen molar-refractivity contribution in [1.82, 2.24) is 5.32 Å². The molecule has 0 heterocycles. The van der Waals surface area contributed by atoms with Gasteiger partial charge in [-0.25, -0.2) is 0 Å². The zero-order valence-electron chi connectivity index (χ0n) is 9.64. The SMILES string of the molecule is CC1(CNC(=O)C2(CN)CC2)CCCC1. The molecule has 0 atom stereocenters. The highest BCUT2D eigenvalue weighted by Crippen LogP contribution is 2.45. The second-order valence-electron chi connectivity index (χ2n) is 5.68. The largest absolute Gasteiger partial charge is 0.355 e. The Morgan fingerprint density at radius 3 is 2.33 bits per heavy atom. The lowest BCUT2D eigenvalue weighted by molar-refractivity contribution is -0.126. The van der Waals surface area contributed by atoms with Gasteiger partial charge in [0.25, 0.3) is 0 Å². The molecule has 1 amide bonds. The van der Waals surface area contributed by atoms with E-state index in [0.717, 1.165) is 19.4 Å². The number of rotatable bonds is 4. The first-order valence-corrected chi connectivity index (χ1v) is 6.09. The molecule has 0 bridgehead atoms. The summed E-state index contributed by atoms with van der Waals surface area (Å²) >= 11 is 0. The van der Waals surface area contributed by atoms with E-state index >= 15 is 0 Å². The van der Waals surface area contributed by atoms with Crippen molar-refractivity contribution in [2.45, 2.75) is 45.4 Å². The van der Waals surface area contributed by atoms with E-state index in [4.69, 9.17) is 5.73 Å². The molecule has 0 saturated heterocycles. The fourth-order valence-electron chi connectivity index (χ4n) is 2.56. The smallest absolute Gasteiger partial charge is 0.227 e. The van der Waals surface area contributed by atoms with Crippen LogP contribution in [-0.4, -0.2) is 19.0 Å². The van der Waals surface area contributed by atoms with Crippen molar-refractivity contribution in [3.63, 3.8) is 0 Å². The molecule has 2 fully saturated rings. The van der Waals surface area contributed by atoms with Gasteiger partial charge < -0.3 is 11.1 Å². The van der Waals surface area contributed by atoms with Crippen molar-refractivity contribution in [1.29, 1.82) is 0 Å².